The number of benzene rings is 3. The van der Waals surface area contributed by atoms with Crippen LogP contribution in [0.3, 0.4) is 0 Å². The second kappa shape index (κ2) is 12.5. The van der Waals surface area contributed by atoms with Gasteiger partial charge < -0.3 is 19.3 Å². The quantitative estimate of drug-likeness (QED) is 0.108. The van der Waals surface area contributed by atoms with E-state index in [1.54, 1.807) is 32.0 Å². The average Bonchev–Trinajstić information content (AvgIpc) is 3.52. The third-order valence-electron chi connectivity index (χ3n) is 6.74. The first kappa shape index (κ1) is 29.5. The van der Waals surface area contributed by atoms with E-state index in [9.17, 15) is 23.9 Å². The van der Waals surface area contributed by atoms with Crippen LogP contribution in [0.4, 0.5) is 9.52 Å². The number of hydrogen-bond acceptors (Lipinski definition) is 9. The van der Waals surface area contributed by atoms with Crippen LogP contribution in [0, 0.1) is 12.7 Å². The summed E-state index contributed by atoms with van der Waals surface area (Å²) in [7, 11) is 1.23. The molecular formula is C32H27FN2O7S. The normalized spacial score (nSPS) is 15.9. The molecule has 1 atom stereocenters. The lowest BCUT2D eigenvalue weighted by Gasteiger charge is -2.24. The van der Waals surface area contributed by atoms with Gasteiger partial charge in [-0.05, 0) is 61.4 Å². The Morgan fingerprint density at radius 2 is 1.74 bits per heavy atom. The van der Waals surface area contributed by atoms with Crippen molar-refractivity contribution in [3.63, 3.8) is 0 Å². The fourth-order valence-corrected chi connectivity index (χ4v) is 5.71. The van der Waals surface area contributed by atoms with Crippen LogP contribution in [0.2, 0.25) is 0 Å². The van der Waals surface area contributed by atoms with Crippen LogP contribution in [-0.2, 0) is 20.9 Å². The van der Waals surface area contributed by atoms with Crippen LogP contribution < -0.4 is 14.4 Å². The standard InChI is InChI=1S/C32H27FN2O7S/c1-4-41-24-16-21(12-15-23(24)42-17-19-8-6-5-7-9-19)26-25(27(36)20-10-13-22(33)14-11-20)28(37)30(38)35(26)32-34-18(2)29(43-32)31(39)40-3/h5-16,26,36H,4,17H2,1-3H3. The topological polar surface area (TPSA) is 115 Å². The minimum atomic E-state index is -1.16. The highest BCUT2D eigenvalue weighted by Crippen LogP contribution is 2.45. The van der Waals surface area contributed by atoms with Gasteiger partial charge in [0.2, 0.25) is 0 Å². The molecule has 4 aromatic rings. The summed E-state index contributed by atoms with van der Waals surface area (Å²) < 4.78 is 30.4. The molecule has 0 saturated carbocycles. The number of aromatic nitrogens is 1. The Morgan fingerprint density at radius 3 is 2.42 bits per heavy atom. The summed E-state index contributed by atoms with van der Waals surface area (Å²) in [5.74, 6) is -2.80. The number of methoxy groups -OCH3 is 1. The number of carbonyl (C=O) groups is 3. The Bertz CT molecular complexity index is 1720. The number of ether oxygens (including phenoxy) is 3. The lowest BCUT2D eigenvalue weighted by Crippen LogP contribution is -2.29. The summed E-state index contributed by atoms with van der Waals surface area (Å²) in [6.07, 6.45) is 0. The summed E-state index contributed by atoms with van der Waals surface area (Å²) in [6.45, 7) is 3.97. The van der Waals surface area contributed by atoms with E-state index in [0.717, 1.165) is 33.9 Å². The first-order valence-corrected chi connectivity index (χ1v) is 14.1. The molecule has 1 N–H and O–H groups in total. The van der Waals surface area contributed by atoms with Gasteiger partial charge >= 0.3 is 11.9 Å². The molecule has 3 aromatic carbocycles. The number of ketones is 1. The first-order valence-electron chi connectivity index (χ1n) is 13.3. The second-order valence-corrected chi connectivity index (χ2v) is 10.5. The van der Waals surface area contributed by atoms with Gasteiger partial charge in [-0.3, -0.25) is 14.5 Å². The van der Waals surface area contributed by atoms with Gasteiger partial charge in [0.15, 0.2) is 16.6 Å². The molecule has 0 spiro atoms. The van der Waals surface area contributed by atoms with Crippen molar-refractivity contribution in [2.75, 3.05) is 18.6 Å². The maximum atomic E-state index is 13.7. The number of aliphatic hydroxyl groups excluding tert-OH is 1. The Labute approximate surface area is 250 Å². The fraction of sp³-hybridized carbons (Fsp3) is 0.188. The predicted molar refractivity (Wildman–Crippen MR) is 158 cm³/mol. The van der Waals surface area contributed by atoms with Gasteiger partial charge in [0, 0.05) is 5.56 Å². The van der Waals surface area contributed by atoms with Gasteiger partial charge in [-0.25, -0.2) is 14.2 Å². The number of hydrogen-bond donors (Lipinski definition) is 1. The average molecular weight is 603 g/mol. The van der Waals surface area contributed by atoms with Crippen molar-refractivity contribution < 1.29 is 38.1 Å². The van der Waals surface area contributed by atoms with Crippen molar-refractivity contribution in [2.24, 2.45) is 0 Å². The van der Waals surface area contributed by atoms with Gasteiger partial charge in [0.1, 0.15) is 23.1 Å². The van der Waals surface area contributed by atoms with Crippen LogP contribution in [0.25, 0.3) is 5.76 Å². The van der Waals surface area contributed by atoms with Gasteiger partial charge in [-0.2, -0.15) is 0 Å². The lowest BCUT2D eigenvalue weighted by molar-refractivity contribution is -0.132. The molecular weight excluding hydrogens is 575 g/mol. The third-order valence-corrected chi connectivity index (χ3v) is 7.88. The molecule has 220 valence electrons. The maximum absolute atomic E-state index is 13.7. The molecule has 0 bridgehead atoms. The molecule has 5 rings (SSSR count). The molecule has 43 heavy (non-hydrogen) atoms. The highest BCUT2D eigenvalue weighted by Gasteiger charge is 2.48. The van der Waals surface area contributed by atoms with Crippen molar-refractivity contribution in [3.05, 3.63) is 111 Å². The number of nitrogens with zero attached hydrogens (tertiary/aromatic N) is 2. The van der Waals surface area contributed by atoms with Crippen molar-refractivity contribution >= 4 is 39.9 Å². The Kier molecular flexibility index (Phi) is 8.53. The minimum Gasteiger partial charge on any atom is -0.507 e. The molecule has 1 unspecified atom stereocenters. The number of halogens is 1. The predicted octanol–water partition coefficient (Wildman–Crippen LogP) is 5.98. The number of thiazole rings is 1. The largest absolute Gasteiger partial charge is 0.507 e. The van der Waals surface area contributed by atoms with Crippen LogP contribution >= 0.6 is 11.3 Å². The van der Waals surface area contributed by atoms with Crippen molar-refractivity contribution in [1.29, 1.82) is 0 Å². The number of esters is 1. The number of carbonyl (C=O) groups excluding carboxylic acids is 3. The monoisotopic (exact) mass is 602 g/mol. The molecule has 1 fully saturated rings. The van der Waals surface area contributed by atoms with E-state index >= 15 is 0 Å². The molecule has 1 saturated heterocycles. The zero-order valence-electron chi connectivity index (χ0n) is 23.5. The molecule has 0 aliphatic carbocycles. The summed E-state index contributed by atoms with van der Waals surface area (Å²) >= 11 is 0.886. The highest BCUT2D eigenvalue weighted by atomic mass is 32.1. The summed E-state index contributed by atoms with van der Waals surface area (Å²) in [5.41, 5.74) is 1.58. The van der Waals surface area contributed by atoms with Gasteiger partial charge in [-0.1, -0.05) is 47.7 Å². The summed E-state index contributed by atoms with van der Waals surface area (Å²) in [6, 6.07) is 18.3. The van der Waals surface area contributed by atoms with Gasteiger partial charge in [0.05, 0.1) is 31.0 Å². The molecule has 2 heterocycles. The van der Waals surface area contributed by atoms with Crippen LogP contribution in [0.15, 0.2) is 78.4 Å². The number of aryl methyl sites for hydroxylation is 1. The van der Waals surface area contributed by atoms with E-state index in [2.05, 4.69) is 4.98 Å². The number of amides is 1. The molecule has 1 aliphatic heterocycles. The van der Waals surface area contributed by atoms with E-state index in [-0.39, 0.29) is 27.8 Å². The SMILES string of the molecule is CCOc1cc(C2C(=C(O)c3ccc(F)cc3)C(=O)C(=O)N2c2nc(C)c(C(=O)OC)s2)ccc1OCc1ccccc1. The first-order chi connectivity index (χ1) is 20.7. The molecule has 0 radical (unpaired) electrons. The molecule has 11 heteroatoms. The van der Waals surface area contributed by atoms with E-state index in [1.807, 2.05) is 30.3 Å². The number of rotatable bonds is 9. The number of Topliss-reactive ketones (excluding diaryl/α,β-unsaturated/α-hetero) is 1. The lowest BCUT2D eigenvalue weighted by atomic mass is 9.95. The summed E-state index contributed by atoms with van der Waals surface area (Å²) in [4.78, 5) is 45.1. The Morgan fingerprint density at radius 1 is 1.02 bits per heavy atom. The Balaban J connectivity index is 1.65. The second-order valence-electron chi connectivity index (χ2n) is 9.49. The van der Waals surface area contributed by atoms with E-state index in [4.69, 9.17) is 14.2 Å². The minimum absolute atomic E-state index is 0.0607. The van der Waals surface area contributed by atoms with Crippen molar-refractivity contribution in [1.82, 2.24) is 4.98 Å². The molecule has 1 aliphatic rings. The number of aliphatic hydroxyl groups is 1. The van der Waals surface area contributed by atoms with Crippen LogP contribution in [0.5, 0.6) is 11.5 Å². The fourth-order valence-electron chi connectivity index (χ4n) is 4.69. The van der Waals surface area contributed by atoms with E-state index in [1.165, 1.54) is 19.2 Å². The zero-order chi connectivity index (χ0) is 30.7. The highest BCUT2D eigenvalue weighted by molar-refractivity contribution is 7.17. The Hall–Kier alpha value is -5.03. The smallest absolute Gasteiger partial charge is 0.350 e. The van der Waals surface area contributed by atoms with Crippen molar-refractivity contribution in [3.8, 4) is 11.5 Å². The van der Waals surface area contributed by atoms with Gasteiger partial charge in [-0.15, -0.1) is 0 Å². The molecule has 1 amide bonds. The van der Waals surface area contributed by atoms with Crippen molar-refractivity contribution in [2.45, 2.75) is 26.5 Å². The maximum Gasteiger partial charge on any atom is 0.350 e. The van der Waals surface area contributed by atoms with Crippen LogP contribution in [-0.4, -0.2) is 41.5 Å². The van der Waals surface area contributed by atoms with Crippen LogP contribution in [0.1, 0.15) is 45.0 Å². The van der Waals surface area contributed by atoms with E-state index < -0.39 is 35.3 Å². The van der Waals surface area contributed by atoms with E-state index in [0.29, 0.717) is 29.4 Å². The molecule has 1 aromatic heterocycles. The molecule has 9 nitrogen and oxygen atoms in total. The third kappa shape index (κ3) is 5.84. The number of anilines is 1. The zero-order valence-corrected chi connectivity index (χ0v) is 24.3. The van der Waals surface area contributed by atoms with Gasteiger partial charge in [0.25, 0.3) is 5.78 Å². The summed E-state index contributed by atoms with van der Waals surface area (Å²) in [5, 5.41) is 11.4.